The third-order valence-electron chi connectivity index (χ3n) is 5.42. The molecule has 4 nitrogen and oxygen atoms in total. The lowest BCUT2D eigenvalue weighted by Crippen LogP contribution is -2.33. The molecular weight excluding hydrogens is 362 g/mol. The van der Waals surface area contributed by atoms with Gasteiger partial charge in [0.05, 0.1) is 12.0 Å². The minimum absolute atomic E-state index is 0.185. The van der Waals surface area contributed by atoms with E-state index in [1.807, 2.05) is 12.1 Å². The molecule has 0 radical (unpaired) electrons. The zero-order chi connectivity index (χ0) is 19.3. The molecule has 0 amide bonds. The van der Waals surface area contributed by atoms with Crippen molar-refractivity contribution >= 4 is 11.0 Å². The Hall–Kier alpha value is -2.47. The normalized spacial score (nSPS) is 15.9. The molecule has 4 rings (SSSR count). The summed E-state index contributed by atoms with van der Waals surface area (Å²) in [6.45, 7) is 3.61. The van der Waals surface area contributed by atoms with E-state index in [2.05, 4.69) is 10.1 Å². The van der Waals surface area contributed by atoms with Gasteiger partial charge in [0.2, 0.25) is 0 Å². The topological polar surface area (TPSA) is 38.5 Å². The van der Waals surface area contributed by atoms with E-state index in [0.29, 0.717) is 29.4 Å². The molecule has 148 valence electrons. The van der Waals surface area contributed by atoms with E-state index in [4.69, 9.17) is 9.26 Å². The van der Waals surface area contributed by atoms with Gasteiger partial charge in [0.15, 0.2) is 5.58 Å². The zero-order valence-electron chi connectivity index (χ0n) is 15.7. The van der Waals surface area contributed by atoms with Crippen LogP contribution < -0.4 is 4.74 Å². The van der Waals surface area contributed by atoms with E-state index in [-0.39, 0.29) is 11.6 Å². The standard InChI is InChI=1S/C22H24F2N2O2/c23-18-5-3-17(4-6-18)15-26-11-9-16(10-12-26)2-1-13-27-22-20-8-7-19(24)14-21(20)28-25-22/h3-8,14,16H,1-2,9-13,15H2. The molecule has 1 aromatic heterocycles. The summed E-state index contributed by atoms with van der Waals surface area (Å²) in [5.41, 5.74) is 1.57. The fourth-order valence-electron chi connectivity index (χ4n) is 3.81. The Kier molecular flexibility index (Phi) is 5.86. The van der Waals surface area contributed by atoms with Gasteiger partial charge in [0, 0.05) is 12.6 Å². The second-order valence-corrected chi connectivity index (χ2v) is 7.46. The molecule has 1 aliphatic rings. The molecule has 0 atom stereocenters. The number of fused-ring (bicyclic) bond motifs is 1. The Balaban J connectivity index is 1.17. The van der Waals surface area contributed by atoms with Gasteiger partial charge in [-0.25, -0.2) is 8.78 Å². The average molecular weight is 386 g/mol. The van der Waals surface area contributed by atoms with Crippen LogP contribution in [0.3, 0.4) is 0 Å². The number of likely N-dealkylation sites (tertiary alicyclic amines) is 1. The van der Waals surface area contributed by atoms with Crippen LogP contribution in [0.2, 0.25) is 0 Å². The Labute approximate surface area is 163 Å². The summed E-state index contributed by atoms with van der Waals surface area (Å²) in [6, 6.07) is 11.1. The van der Waals surface area contributed by atoms with Crippen molar-refractivity contribution in [1.82, 2.24) is 10.1 Å². The number of hydrogen-bond acceptors (Lipinski definition) is 4. The number of rotatable bonds is 7. The predicted molar refractivity (Wildman–Crippen MR) is 103 cm³/mol. The van der Waals surface area contributed by atoms with Crippen molar-refractivity contribution in [1.29, 1.82) is 0 Å². The third kappa shape index (κ3) is 4.68. The molecule has 0 unspecified atom stereocenters. The van der Waals surface area contributed by atoms with Crippen LogP contribution in [0.25, 0.3) is 11.0 Å². The van der Waals surface area contributed by atoms with E-state index < -0.39 is 0 Å². The summed E-state index contributed by atoms with van der Waals surface area (Å²) >= 11 is 0. The number of nitrogens with zero attached hydrogens (tertiary/aromatic N) is 2. The second kappa shape index (κ2) is 8.69. The van der Waals surface area contributed by atoms with Crippen molar-refractivity contribution < 1.29 is 18.0 Å². The van der Waals surface area contributed by atoms with Crippen molar-refractivity contribution in [2.24, 2.45) is 5.92 Å². The Bertz CT molecular complexity index is 903. The molecule has 2 heterocycles. The van der Waals surface area contributed by atoms with Crippen LogP contribution >= 0.6 is 0 Å². The minimum atomic E-state index is -0.346. The van der Waals surface area contributed by atoms with Gasteiger partial charge in [-0.1, -0.05) is 12.1 Å². The highest BCUT2D eigenvalue weighted by atomic mass is 19.1. The van der Waals surface area contributed by atoms with E-state index >= 15 is 0 Å². The molecule has 1 aliphatic heterocycles. The van der Waals surface area contributed by atoms with Crippen LogP contribution in [0, 0.1) is 17.6 Å². The Morgan fingerprint density at radius 1 is 1.04 bits per heavy atom. The third-order valence-corrected chi connectivity index (χ3v) is 5.42. The lowest BCUT2D eigenvalue weighted by molar-refractivity contribution is 0.165. The first-order valence-electron chi connectivity index (χ1n) is 9.82. The van der Waals surface area contributed by atoms with Gasteiger partial charge < -0.3 is 9.26 Å². The number of aromatic nitrogens is 1. The van der Waals surface area contributed by atoms with Gasteiger partial charge >= 0.3 is 0 Å². The van der Waals surface area contributed by atoms with Crippen LogP contribution in [-0.2, 0) is 6.54 Å². The van der Waals surface area contributed by atoms with Crippen molar-refractivity contribution in [3.8, 4) is 5.88 Å². The van der Waals surface area contributed by atoms with Crippen LogP contribution in [-0.4, -0.2) is 29.8 Å². The highest BCUT2D eigenvalue weighted by molar-refractivity contribution is 5.81. The summed E-state index contributed by atoms with van der Waals surface area (Å²) in [4.78, 5) is 2.43. The lowest BCUT2D eigenvalue weighted by Gasteiger charge is -2.32. The van der Waals surface area contributed by atoms with Gasteiger partial charge in [0.1, 0.15) is 11.6 Å². The first-order valence-corrected chi connectivity index (χ1v) is 9.82. The van der Waals surface area contributed by atoms with Crippen molar-refractivity contribution in [3.63, 3.8) is 0 Å². The molecule has 1 fully saturated rings. The van der Waals surface area contributed by atoms with Crippen LogP contribution in [0.1, 0.15) is 31.2 Å². The molecular formula is C22H24F2N2O2. The van der Waals surface area contributed by atoms with Crippen molar-refractivity contribution in [2.45, 2.75) is 32.2 Å². The first-order chi connectivity index (χ1) is 13.7. The summed E-state index contributed by atoms with van der Waals surface area (Å²) in [5, 5.41) is 4.59. The molecule has 0 bridgehead atoms. The van der Waals surface area contributed by atoms with Crippen LogP contribution in [0.15, 0.2) is 47.0 Å². The molecule has 28 heavy (non-hydrogen) atoms. The second-order valence-electron chi connectivity index (χ2n) is 7.46. The maximum Gasteiger partial charge on any atom is 0.262 e. The number of ether oxygens (including phenoxy) is 1. The van der Waals surface area contributed by atoms with E-state index in [0.717, 1.165) is 38.0 Å². The molecule has 0 aliphatic carbocycles. The monoisotopic (exact) mass is 386 g/mol. The lowest BCUT2D eigenvalue weighted by atomic mass is 9.92. The predicted octanol–water partition coefficient (Wildman–Crippen LogP) is 5.18. The van der Waals surface area contributed by atoms with Crippen LogP contribution in [0.5, 0.6) is 5.88 Å². The summed E-state index contributed by atoms with van der Waals surface area (Å²) in [7, 11) is 0. The highest BCUT2D eigenvalue weighted by Crippen LogP contribution is 2.26. The molecule has 0 N–H and O–H groups in total. The summed E-state index contributed by atoms with van der Waals surface area (Å²) in [5.74, 6) is 0.608. The Morgan fingerprint density at radius 2 is 1.79 bits per heavy atom. The number of hydrogen-bond donors (Lipinski definition) is 0. The number of halogens is 2. The van der Waals surface area contributed by atoms with Gasteiger partial charge in [-0.2, -0.15) is 0 Å². The Morgan fingerprint density at radius 3 is 2.57 bits per heavy atom. The van der Waals surface area contributed by atoms with Gasteiger partial charge in [-0.05, 0) is 79.7 Å². The molecule has 6 heteroatoms. The van der Waals surface area contributed by atoms with E-state index in [9.17, 15) is 8.78 Å². The van der Waals surface area contributed by atoms with Gasteiger partial charge in [-0.3, -0.25) is 4.90 Å². The molecule has 3 aromatic rings. The first kappa shape index (κ1) is 18.9. The average Bonchev–Trinajstić information content (AvgIpc) is 3.10. The van der Waals surface area contributed by atoms with Crippen LogP contribution in [0.4, 0.5) is 8.78 Å². The fourth-order valence-corrected chi connectivity index (χ4v) is 3.81. The zero-order valence-corrected chi connectivity index (χ0v) is 15.7. The summed E-state index contributed by atoms with van der Waals surface area (Å²) < 4.78 is 37.0. The van der Waals surface area contributed by atoms with Crippen molar-refractivity contribution in [3.05, 3.63) is 59.7 Å². The van der Waals surface area contributed by atoms with Gasteiger partial charge in [-0.15, -0.1) is 0 Å². The van der Waals surface area contributed by atoms with E-state index in [1.54, 1.807) is 6.07 Å². The smallest absolute Gasteiger partial charge is 0.262 e. The van der Waals surface area contributed by atoms with Crippen molar-refractivity contribution in [2.75, 3.05) is 19.7 Å². The SMILES string of the molecule is Fc1ccc(CN2CCC(CCCOc3noc4cc(F)ccc34)CC2)cc1. The van der Waals surface area contributed by atoms with E-state index in [1.165, 1.54) is 37.1 Å². The number of benzene rings is 2. The highest BCUT2D eigenvalue weighted by Gasteiger charge is 2.19. The maximum atomic E-state index is 13.2. The largest absolute Gasteiger partial charge is 0.475 e. The quantitative estimate of drug-likeness (QED) is 0.525. The molecule has 1 saturated heterocycles. The number of piperidine rings is 1. The minimum Gasteiger partial charge on any atom is -0.475 e. The summed E-state index contributed by atoms with van der Waals surface area (Å²) in [6.07, 6.45) is 4.42. The van der Waals surface area contributed by atoms with Gasteiger partial charge in [0.25, 0.3) is 5.88 Å². The molecule has 0 saturated carbocycles. The molecule has 2 aromatic carbocycles. The maximum absolute atomic E-state index is 13.2. The fraction of sp³-hybridized carbons (Fsp3) is 0.409. The molecule has 0 spiro atoms.